The van der Waals surface area contributed by atoms with Crippen molar-refractivity contribution in [1.29, 1.82) is 0 Å². The molecule has 12 heteroatoms. The van der Waals surface area contributed by atoms with E-state index in [1.54, 1.807) is 12.1 Å². The van der Waals surface area contributed by atoms with Crippen molar-refractivity contribution in [2.75, 3.05) is 0 Å². The van der Waals surface area contributed by atoms with E-state index in [1.165, 1.54) is 18.2 Å². The number of halogens is 1. The largest absolute Gasteiger partial charge is 0.618 e. The van der Waals surface area contributed by atoms with Crippen LogP contribution in [0.25, 0.3) is 0 Å². The second-order valence-corrected chi connectivity index (χ2v) is 8.38. The van der Waals surface area contributed by atoms with Crippen molar-refractivity contribution >= 4 is 29.1 Å². The number of aromatic nitrogens is 1. The molecule has 1 aromatic heterocycles. The molecule has 0 spiro atoms. The first-order valence-electron chi connectivity index (χ1n) is 11.4. The molecule has 1 heterocycles. The van der Waals surface area contributed by atoms with Gasteiger partial charge >= 0.3 is 11.7 Å². The lowest BCUT2D eigenvalue weighted by molar-refractivity contribution is -0.603. The molecule has 0 unspecified atom stereocenters. The Kier molecular flexibility index (Phi) is 8.54. The van der Waals surface area contributed by atoms with Gasteiger partial charge in [0, 0.05) is 12.1 Å². The minimum absolute atomic E-state index is 0.0194. The van der Waals surface area contributed by atoms with E-state index in [4.69, 9.17) is 31.6 Å². The molecule has 198 valence electrons. The quantitative estimate of drug-likeness (QED) is 0.0443. The summed E-state index contributed by atoms with van der Waals surface area (Å²) in [5.41, 5.74) is 6.64. The Labute approximate surface area is 227 Å². The summed E-state index contributed by atoms with van der Waals surface area (Å²) >= 11 is 5.92. The first-order valence-corrected chi connectivity index (χ1v) is 11.8. The lowest BCUT2D eigenvalue weighted by atomic mass is 10.1. The molecule has 0 atom stereocenters. The monoisotopic (exact) mass is 548 g/mol. The van der Waals surface area contributed by atoms with Crippen LogP contribution in [0.15, 0.2) is 96.3 Å². The average molecular weight is 549 g/mol. The van der Waals surface area contributed by atoms with Crippen molar-refractivity contribution in [3.8, 4) is 11.5 Å². The highest BCUT2D eigenvalue weighted by molar-refractivity contribution is 6.31. The molecule has 39 heavy (non-hydrogen) atoms. The third-order valence-corrected chi connectivity index (χ3v) is 5.70. The molecule has 0 saturated carbocycles. The standard InChI is InChI=1S/C27H21ClN4O7/c28-25-21(12-7-13-31(25)34)26(29)30-39-27(33)20-14-22(32(35)36)24(38-17-19-10-5-2-6-11-19)23(15-20)37-16-18-8-3-1-4-9-18/h1-15H,16-17H2,(H2,29,30). The highest BCUT2D eigenvalue weighted by atomic mass is 35.5. The second-order valence-electron chi connectivity index (χ2n) is 8.02. The number of pyridine rings is 1. The van der Waals surface area contributed by atoms with Crippen LogP contribution in [-0.4, -0.2) is 16.7 Å². The van der Waals surface area contributed by atoms with Crippen molar-refractivity contribution in [3.05, 3.63) is 134 Å². The Morgan fingerprint density at radius 3 is 2.18 bits per heavy atom. The van der Waals surface area contributed by atoms with Gasteiger partial charge in [-0.15, -0.1) is 0 Å². The van der Waals surface area contributed by atoms with Gasteiger partial charge in [-0.05, 0) is 34.9 Å². The zero-order valence-corrected chi connectivity index (χ0v) is 21.0. The highest BCUT2D eigenvalue weighted by Gasteiger charge is 2.26. The first kappa shape index (κ1) is 26.9. The van der Waals surface area contributed by atoms with Gasteiger partial charge in [0.05, 0.1) is 10.5 Å². The summed E-state index contributed by atoms with van der Waals surface area (Å²) in [6, 6.07) is 23.2. The molecule has 0 radical (unpaired) electrons. The number of oxime groups is 1. The number of nitro groups is 1. The van der Waals surface area contributed by atoms with Gasteiger partial charge in [-0.1, -0.05) is 65.8 Å². The molecule has 0 fully saturated rings. The number of carbonyl (C=O) groups excluding carboxylic acids is 1. The number of ether oxygens (including phenoxy) is 2. The van der Waals surface area contributed by atoms with Gasteiger partial charge in [-0.25, -0.2) is 4.79 Å². The van der Waals surface area contributed by atoms with E-state index in [1.807, 2.05) is 48.5 Å². The number of nitro benzene ring substituents is 1. The number of carbonyl (C=O) groups is 1. The van der Waals surface area contributed by atoms with Gasteiger partial charge in [0.1, 0.15) is 18.8 Å². The third kappa shape index (κ3) is 6.79. The van der Waals surface area contributed by atoms with Gasteiger partial charge in [0.15, 0.2) is 17.8 Å². The maximum absolute atomic E-state index is 12.8. The minimum Gasteiger partial charge on any atom is -0.618 e. The molecule has 0 saturated heterocycles. The van der Waals surface area contributed by atoms with Crippen LogP contribution in [-0.2, 0) is 18.1 Å². The van der Waals surface area contributed by atoms with E-state index >= 15 is 0 Å². The number of hydrogen-bond acceptors (Lipinski definition) is 8. The van der Waals surface area contributed by atoms with E-state index in [0.717, 1.165) is 23.4 Å². The van der Waals surface area contributed by atoms with Gasteiger partial charge in [-0.2, -0.15) is 4.73 Å². The van der Waals surface area contributed by atoms with Crippen LogP contribution in [0, 0.1) is 15.3 Å². The third-order valence-electron chi connectivity index (χ3n) is 5.33. The number of nitrogens with two attached hydrogens (primary N) is 1. The Morgan fingerprint density at radius 1 is 0.949 bits per heavy atom. The summed E-state index contributed by atoms with van der Waals surface area (Å²) in [4.78, 5) is 29.0. The van der Waals surface area contributed by atoms with Crippen molar-refractivity contribution < 1.29 is 28.8 Å². The fraction of sp³-hybridized carbons (Fsp3) is 0.0741. The summed E-state index contributed by atoms with van der Waals surface area (Å²) < 4.78 is 12.0. The van der Waals surface area contributed by atoms with Crippen molar-refractivity contribution in [2.24, 2.45) is 10.9 Å². The number of amidine groups is 1. The molecule has 2 N–H and O–H groups in total. The van der Waals surface area contributed by atoms with E-state index < -0.39 is 16.6 Å². The summed E-state index contributed by atoms with van der Waals surface area (Å²) in [5, 5.41) is 26.9. The predicted octanol–water partition coefficient (Wildman–Crippen LogP) is 4.52. The molecule has 0 aliphatic carbocycles. The highest BCUT2D eigenvalue weighted by Crippen LogP contribution is 2.39. The molecule has 0 amide bonds. The summed E-state index contributed by atoms with van der Waals surface area (Å²) in [6.07, 6.45) is 1.16. The number of hydrogen-bond donors (Lipinski definition) is 1. The van der Waals surface area contributed by atoms with Crippen LogP contribution in [0.1, 0.15) is 27.0 Å². The molecule has 11 nitrogen and oxygen atoms in total. The molecule has 0 aliphatic heterocycles. The SMILES string of the molecule is N/C(=N\OC(=O)c1cc(OCc2ccccc2)c(OCc2ccccc2)c([N+](=O)[O-])c1)c1ccc[n+]([O-])c1Cl. The Hall–Kier alpha value is -5.16. The first-order chi connectivity index (χ1) is 18.8. The van der Waals surface area contributed by atoms with E-state index in [9.17, 15) is 20.1 Å². The number of nitrogens with zero attached hydrogens (tertiary/aromatic N) is 3. The number of benzene rings is 3. The molecule has 4 aromatic rings. The van der Waals surface area contributed by atoms with Gasteiger partial charge < -0.3 is 25.3 Å². The van der Waals surface area contributed by atoms with Crippen LogP contribution in [0.3, 0.4) is 0 Å². The molecule has 0 aliphatic rings. The van der Waals surface area contributed by atoms with Crippen LogP contribution in [0.2, 0.25) is 5.15 Å². The molecule has 3 aromatic carbocycles. The lowest BCUT2D eigenvalue weighted by Gasteiger charge is -2.14. The fourth-order valence-corrected chi connectivity index (χ4v) is 3.63. The van der Waals surface area contributed by atoms with Crippen molar-refractivity contribution in [2.45, 2.75) is 13.2 Å². The topological polar surface area (TPSA) is 153 Å². The zero-order valence-electron chi connectivity index (χ0n) is 20.2. The summed E-state index contributed by atoms with van der Waals surface area (Å²) in [5.74, 6) is -1.62. The van der Waals surface area contributed by atoms with Crippen LogP contribution < -0.4 is 19.9 Å². The maximum Gasteiger partial charge on any atom is 0.366 e. The summed E-state index contributed by atoms with van der Waals surface area (Å²) in [6.45, 7) is 0.0660. The van der Waals surface area contributed by atoms with Gasteiger partial charge in [-0.3, -0.25) is 10.1 Å². The van der Waals surface area contributed by atoms with E-state index in [2.05, 4.69) is 5.16 Å². The number of rotatable bonds is 10. The fourth-order valence-electron chi connectivity index (χ4n) is 3.41. The second kappa shape index (κ2) is 12.4. The Bertz CT molecular complexity index is 1520. The van der Waals surface area contributed by atoms with Crippen LogP contribution >= 0.6 is 11.6 Å². The van der Waals surface area contributed by atoms with Crippen molar-refractivity contribution in [1.82, 2.24) is 0 Å². The van der Waals surface area contributed by atoms with Crippen LogP contribution in [0.4, 0.5) is 5.69 Å². The molecular weight excluding hydrogens is 528 g/mol. The zero-order chi connectivity index (χ0) is 27.8. The summed E-state index contributed by atoms with van der Waals surface area (Å²) in [7, 11) is 0. The van der Waals surface area contributed by atoms with Gasteiger partial charge in [0.2, 0.25) is 5.75 Å². The maximum atomic E-state index is 12.8. The Morgan fingerprint density at radius 2 is 1.56 bits per heavy atom. The van der Waals surface area contributed by atoms with E-state index in [-0.39, 0.29) is 46.8 Å². The lowest BCUT2D eigenvalue weighted by Crippen LogP contribution is -2.30. The molecular formula is C27H21ClN4O7. The normalized spacial score (nSPS) is 11.1. The minimum atomic E-state index is -1.07. The molecule has 0 bridgehead atoms. The Balaban J connectivity index is 1.65. The average Bonchev–Trinajstić information content (AvgIpc) is 2.95. The van der Waals surface area contributed by atoms with E-state index in [0.29, 0.717) is 4.73 Å². The van der Waals surface area contributed by atoms with Crippen LogP contribution in [0.5, 0.6) is 11.5 Å². The van der Waals surface area contributed by atoms with Gasteiger partial charge in [0.25, 0.3) is 5.15 Å². The predicted molar refractivity (Wildman–Crippen MR) is 141 cm³/mol. The smallest absolute Gasteiger partial charge is 0.366 e. The van der Waals surface area contributed by atoms with Crippen molar-refractivity contribution in [3.63, 3.8) is 0 Å². The molecule has 4 rings (SSSR count).